The average Bonchev–Trinajstić information content (AvgIpc) is 3.17. The topological polar surface area (TPSA) is 6.48 Å². The Bertz CT molecular complexity index is 1970. The second-order valence-electron chi connectivity index (χ2n) is 13.7. The number of para-hydroxylation sites is 2. The molecule has 0 aliphatic carbocycles. The summed E-state index contributed by atoms with van der Waals surface area (Å²) in [7, 11) is 0. The minimum absolute atomic E-state index is 0.518. The van der Waals surface area contributed by atoms with Gasteiger partial charge in [-0.15, -0.1) is 0 Å². The fraction of sp³-hybridized carbons (Fsp3) is 0.143. The van der Waals surface area contributed by atoms with Crippen LogP contribution >= 0.6 is 0 Å². The summed E-state index contributed by atoms with van der Waals surface area (Å²) >= 11 is 0. The van der Waals surface area contributed by atoms with Gasteiger partial charge in [0.05, 0.1) is 11.4 Å². The van der Waals surface area contributed by atoms with Gasteiger partial charge in [0.25, 0.3) is 0 Å². The van der Waals surface area contributed by atoms with E-state index in [0.717, 1.165) is 40.5 Å². The molecule has 7 rings (SSSR count). The van der Waals surface area contributed by atoms with Crippen LogP contribution in [0.1, 0.15) is 52.3 Å². The van der Waals surface area contributed by atoms with E-state index in [4.69, 9.17) is 0 Å². The molecule has 0 atom stereocenters. The molecular formula is C49H46N2. The molecule has 7 aromatic carbocycles. The van der Waals surface area contributed by atoms with E-state index < -0.39 is 5.41 Å². The zero-order valence-corrected chi connectivity index (χ0v) is 30.3. The standard InChI is InChI=1S/C49H46N2/c1-6-49(40-14-8-7-9-15-40,45-16-10-12-18-47(45)50(41-28-20-36(2)21-29-41)42-30-22-37(3)23-31-42)46-17-11-13-19-48(46)51(43-32-24-38(4)25-33-43)44-34-26-39(5)27-35-44/h7-35H,6H2,1-5H3. The first-order valence-corrected chi connectivity index (χ1v) is 18.0. The van der Waals surface area contributed by atoms with E-state index in [0.29, 0.717) is 0 Å². The summed E-state index contributed by atoms with van der Waals surface area (Å²) in [6.45, 7) is 10.9. The SMILES string of the molecule is CCC(c1ccccc1)(c1ccccc1N(c1ccc(C)cc1)c1ccc(C)cc1)c1ccccc1N(c1ccc(C)cc1)c1ccc(C)cc1. The summed E-state index contributed by atoms with van der Waals surface area (Å²) in [5.41, 5.74) is 15.0. The van der Waals surface area contributed by atoms with E-state index in [1.807, 2.05) is 0 Å². The molecule has 0 spiro atoms. The Morgan fingerprint density at radius 1 is 0.353 bits per heavy atom. The summed E-state index contributed by atoms with van der Waals surface area (Å²) in [4.78, 5) is 4.86. The Balaban J connectivity index is 1.55. The molecule has 0 saturated heterocycles. The van der Waals surface area contributed by atoms with Crippen LogP contribution in [0.25, 0.3) is 0 Å². The van der Waals surface area contributed by atoms with Gasteiger partial charge in [0.1, 0.15) is 0 Å². The second-order valence-corrected chi connectivity index (χ2v) is 13.7. The molecule has 0 amide bonds. The minimum atomic E-state index is -0.518. The van der Waals surface area contributed by atoms with Crippen LogP contribution in [0.5, 0.6) is 0 Å². The maximum Gasteiger partial charge on any atom is 0.0506 e. The molecule has 0 bridgehead atoms. The number of hydrogen-bond acceptors (Lipinski definition) is 2. The first-order valence-electron chi connectivity index (χ1n) is 18.0. The van der Waals surface area contributed by atoms with Gasteiger partial charge in [-0.1, -0.05) is 144 Å². The highest BCUT2D eigenvalue weighted by molar-refractivity contribution is 5.84. The van der Waals surface area contributed by atoms with Gasteiger partial charge >= 0.3 is 0 Å². The average molecular weight is 663 g/mol. The van der Waals surface area contributed by atoms with E-state index in [2.05, 4.69) is 220 Å². The van der Waals surface area contributed by atoms with Crippen molar-refractivity contribution in [3.05, 3.63) is 215 Å². The predicted octanol–water partition coefficient (Wildman–Crippen LogP) is 13.6. The molecule has 2 heteroatoms. The minimum Gasteiger partial charge on any atom is -0.310 e. The van der Waals surface area contributed by atoms with Gasteiger partial charge in [0.2, 0.25) is 0 Å². The molecule has 0 saturated carbocycles. The van der Waals surface area contributed by atoms with Gasteiger partial charge in [-0.25, -0.2) is 0 Å². The summed E-state index contributed by atoms with van der Waals surface area (Å²) in [5.74, 6) is 0. The van der Waals surface area contributed by atoms with Crippen molar-refractivity contribution < 1.29 is 0 Å². The van der Waals surface area contributed by atoms with Gasteiger partial charge in [-0.3, -0.25) is 0 Å². The van der Waals surface area contributed by atoms with Crippen molar-refractivity contribution in [2.24, 2.45) is 0 Å². The highest BCUT2D eigenvalue weighted by Gasteiger charge is 2.40. The van der Waals surface area contributed by atoms with Gasteiger partial charge in [0, 0.05) is 28.2 Å². The van der Waals surface area contributed by atoms with Crippen LogP contribution < -0.4 is 9.80 Å². The van der Waals surface area contributed by atoms with Crippen LogP contribution in [-0.2, 0) is 5.41 Å². The van der Waals surface area contributed by atoms with Gasteiger partial charge in [-0.2, -0.15) is 0 Å². The van der Waals surface area contributed by atoms with Crippen molar-refractivity contribution in [2.45, 2.75) is 46.5 Å². The zero-order chi connectivity index (χ0) is 35.4. The number of benzene rings is 7. The number of aryl methyl sites for hydroxylation is 4. The summed E-state index contributed by atoms with van der Waals surface area (Å²) < 4.78 is 0. The van der Waals surface area contributed by atoms with Crippen LogP contribution in [0.4, 0.5) is 34.1 Å². The van der Waals surface area contributed by atoms with Crippen LogP contribution in [0.2, 0.25) is 0 Å². The zero-order valence-electron chi connectivity index (χ0n) is 30.3. The highest BCUT2D eigenvalue weighted by Crippen LogP contribution is 2.52. The third kappa shape index (κ3) is 6.58. The largest absolute Gasteiger partial charge is 0.310 e. The van der Waals surface area contributed by atoms with Crippen molar-refractivity contribution in [1.82, 2.24) is 0 Å². The van der Waals surface area contributed by atoms with Gasteiger partial charge in [0.15, 0.2) is 0 Å². The van der Waals surface area contributed by atoms with E-state index in [9.17, 15) is 0 Å². The fourth-order valence-electron chi connectivity index (χ4n) is 7.45. The third-order valence-corrected chi connectivity index (χ3v) is 10.2. The quantitative estimate of drug-likeness (QED) is 0.135. The van der Waals surface area contributed by atoms with Crippen LogP contribution in [0, 0.1) is 27.7 Å². The number of hydrogen-bond donors (Lipinski definition) is 0. The summed E-state index contributed by atoms with van der Waals surface area (Å²) in [5, 5.41) is 0. The van der Waals surface area contributed by atoms with E-state index >= 15 is 0 Å². The molecule has 7 aromatic rings. The van der Waals surface area contributed by atoms with Crippen molar-refractivity contribution >= 4 is 34.1 Å². The smallest absolute Gasteiger partial charge is 0.0506 e. The molecule has 0 fully saturated rings. The molecule has 0 unspecified atom stereocenters. The number of rotatable bonds is 10. The molecule has 0 heterocycles. The van der Waals surface area contributed by atoms with Crippen molar-refractivity contribution in [3.8, 4) is 0 Å². The molecule has 0 radical (unpaired) electrons. The molecule has 0 aliphatic rings. The van der Waals surface area contributed by atoms with Crippen molar-refractivity contribution in [3.63, 3.8) is 0 Å². The van der Waals surface area contributed by atoms with Crippen molar-refractivity contribution in [1.29, 1.82) is 0 Å². The first-order chi connectivity index (χ1) is 24.9. The summed E-state index contributed by atoms with van der Waals surface area (Å²) in [6, 6.07) is 64.7. The van der Waals surface area contributed by atoms with E-state index in [1.165, 1.54) is 38.9 Å². The first kappa shape index (κ1) is 33.6. The molecule has 0 N–H and O–H groups in total. The lowest BCUT2D eigenvalue weighted by Gasteiger charge is -2.41. The van der Waals surface area contributed by atoms with Gasteiger partial charge in [-0.05, 0) is 111 Å². The lowest BCUT2D eigenvalue weighted by atomic mass is 9.66. The van der Waals surface area contributed by atoms with Crippen LogP contribution in [0.3, 0.4) is 0 Å². The fourth-order valence-corrected chi connectivity index (χ4v) is 7.45. The Morgan fingerprint density at radius 2 is 0.647 bits per heavy atom. The van der Waals surface area contributed by atoms with Crippen molar-refractivity contribution in [2.75, 3.05) is 9.80 Å². The number of anilines is 6. The molecule has 252 valence electrons. The normalized spacial score (nSPS) is 11.3. The maximum absolute atomic E-state index is 2.43. The van der Waals surface area contributed by atoms with Crippen LogP contribution in [-0.4, -0.2) is 0 Å². The third-order valence-electron chi connectivity index (χ3n) is 10.2. The maximum atomic E-state index is 2.43. The Labute approximate surface area is 304 Å². The van der Waals surface area contributed by atoms with E-state index in [1.54, 1.807) is 0 Å². The Hall–Kier alpha value is -5.86. The van der Waals surface area contributed by atoms with Crippen LogP contribution in [0.15, 0.2) is 176 Å². The Morgan fingerprint density at radius 3 is 0.961 bits per heavy atom. The molecule has 2 nitrogen and oxygen atoms in total. The molecule has 0 aromatic heterocycles. The summed E-state index contributed by atoms with van der Waals surface area (Å²) in [6.07, 6.45) is 0.844. The number of nitrogens with zero attached hydrogens (tertiary/aromatic N) is 2. The second kappa shape index (κ2) is 14.5. The lowest BCUT2D eigenvalue weighted by molar-refractivity contribution is 0.595. The Kier molecular flexibility index (Phi) is 9.59. The predicted molar refractivity (Wildman–Crippen MR) is 218 cm³/mol. The molecular weight excluding hydrogens is 617 g/mol. The lowest BCUT2D eigenvalue weighted by Crippen LogP contribution is -2.32. The molecule has 51 heavy (non-hydrogen) atoms. The molecule has 0 aliphatic heterocycles. The van der Waals surface area contributed by atoms with E-state index in [-0.39, 0.29) is 0 Å². The van der Waals surface area contributed by atoms with Gasteiger partial charge < -0.3 is 9.80 Å². The monoisotopic (exact) mass is 662 g/mol. The highest BCUT2D eigenvalue weighted by atomic mass is 15.2.